The van der Waals surface area contributed by atoms with Gasteiger partial charge in [-0.05, 0) is 40.7 Å². The number of hydrogen-bond acceptors (Lipinski definition) is 4. The van der Waals surface area contributed by atoms with Crippen molar-refractivity contribution in [1.29, 1.82) is 0 Å². The van der Waals surface area contributed by atoms with Gasteiger partial charge in [0.2, 0.25) is 15.9 Å². The average molecular weight is 350 g/mol. The van der Waals surface area contributed by atoms with Crippen LogP contribution < -0.4 is 15.8 Å². The second-order valence-corrected chi connectivity index (χ2v) is 6.25. The Bertz CT molecular complexity index is 560. The van der Waals surface area contributed by atoms with Crippen molar-refractivity contribution < 1.29 is 13.2 Å². The summed E-state index contributed by atoms with van der Waals surface area (Å²) in [5, 5.41) is 10.7. The third kappa shape index (κ3) is 5.27. The molecule has 0 aliphatic heterocycles. The van der Waals surface area contributed by atoms with Gasteiger partial charge in [-0.1, -0.05) is 6.92 Å². The van der Waals surface area contributed by atoms with Gasteiger partial charge >= 0.3 is 0 Å². The van der Waals surface area contributed by atoms with Crippen molar-refractivity contribution in [3.63, 3.8) is 0 Å². The Hall–Kier alpha value is -0.960. The lowest BCUT2D eigenvalue weighted by atomic mass is 10.3. The van der Waals surface area contributed by atoms with E-state index in [0.717, 1.165) is 6.54 Å². The molecule has 19 heavy (non-hydrogen) atoms. The molecule has 0 fully saturated rings. The summed E-state index contributed by atoms with van der Waals surface area (Å²) in [4.78, 5) is 11.6. The molecule has 106 valence electrons. The van der Waals surface area contributed by atoms with Gasteiger partial charge in [0.1, 0.15) is 0 Å². The zero-order valence-corrected chi connectivity index (χ0v) is 12.8. The van der Waals surface area contributed by atoms with Gasteiger partial charge in [0.25, 0.3) is 0 Å². The Morgan fingerprint density at radius 2 is 2.11 bits per heavy atom. The number of amides is 1. The van der Waals surface area contributed by atoms with Crippen LogP contribution in [-0.2, 0) is 14.8 Å². The Morgan fingerprint density at radius 1 is 1.42 bits per heavy atom. The maximum atomic E-state index is 11.6. The summed E-state index contributed by atoms with van der Waals surface area (Å²) < 4.78 is 22.8. The van der Waals surface area contributed by atoms with Crippen LogP contribution in [0.2, 0.25) is 0 Å². The van der Waals surface area contributed by atoms with Crippen LogP contribution in [0.3, 0.4) is 0 Å². The molecular formula is C11H16BrN3O3S. The number of benzene rings is 1. The quantitative estimate of drug-likeness (QED) is 0.667. The maximum Gasteiger partial charge on any atom is 0.238 e. The number of anilines is 1. The van der Waals surface area contributed by atoms with Gasteiger partial charge in [0.05, 0.1) is 10.6 Å². The number of nitrogens with two attached hydrogens (primary N) is 1. The lowest BCUT2D eigenvalue weighted by Gasteiger charge is -2.08. The van der Waals surface area contributed by atoms with Crippen LogP contribution in [0.25, 0.3) is 0 Å². The summed E-state index contributed by atoms with van der Waals surface area (Å²) in [7, 11) is -3.74. The molecular weight excluding hydrogens is 334 g/mol. The standard InChI is InChI=1S/C11H16BrN3O3S/c1-2-14-6-5-11(16)15-10-4-3-8(7-9(10)12)19(13,17)18/h3-4,7,14H,2,5-6H2,1H3,(H,15,16)(H2,13,17,18). The highest BCUT2D eigenvalue weighted by molar-refractivity contribution is 9.10. The van der Waals surface area contributed by atoms with Gasteiger partial charge in [-0.2, -0.15) is 0 Å². The highest BCUT2D eigenvalue weighted by Gasteiger charge is 2.11. The van der Waals surface area contributed by atoms with Gasteiger partial charge < -0.3 is 10.6 Å². The van der Waals surface area contributed by atoms with Crippen molar-refractivity contribution in [3.05, 3.63) is 22.7 Å². The van der Waals surface area contributed by atoms with Crippen LogP contribution in [0.1, 0.15) is 13.3 Å². The normalized spacial score (nSPS) is 11.3. The van der Waals surface area contributed by atoms with Crippen molar-refractivity contribution in [2.75, 3.05) is 18.4 Å². The Labute approximate surface area is 120 Å². The fourth-order valence-electron chi connectivity index (χ4n) is 1.37. The summed E-state index contributed by atoms with van der Waals surface area (Å²) in [5.41, 5.74) is 0.508. The lowest BCUT2D eigenvalue weighted by molar-refractivity contribution is -0.116. The molecule has 0 bridgehead atoms. The molecule has 1 amide bonds. The van der Waals surface area contributed by atoms with E-state index in [1.165, 1.54) is 18.2 Å². The predicted molar refractivity (Wildman–Crippen MR) is 77.3 cm³/mol. The first-order valence-electron chi connectivity index (χ1n) is 5.67. The van der Waals surface area contributed by atoms with Crippen molar-refractivity contribution in [1.82, 2.24) is 5.32 Å². The minimum atomic E-state index is -3.74. The van der Waals surface area contributed by atoms with Crippen LogP contribution in [0.4, 0.5) is 5.69 Å². The molecule has 1 rings (SSSR count). The van der Waals surface area contributed by atoms with Gasteiger partial charge in [-0.3, -0.25) is 4.79 Å². The first kappa shape index (κ1) is 16.1. The van der Waals surface area contributed by atoms with E-state index in [-0.39, 0.29) is 10.8 Å². The molecule has 8 heteroatoms. The zero-order valence-electron chi connectivity index (χ0n) is 10.4. The predicted octanol–water partition coefficient (Wildman–Crippen LogP) is 1.03. The van der Waals surface area contributed by atoms with E-state index in [4.69, 9.17) is 5.14 Å². The molecule has 0 aromatic heterocycles. The van der Waals surface area contributed by atoms with Crippen LogP contribution in [0.15, 0.2) is 27.6 Å². The van der Waals surface area contributed by atoms with E-state index >= 15 is 0 Å². The lowest BCUT2D eigenvalue weighted by Crippen LogP contribution is -2.21. The third-order valence-electron chi connectivity index (χ3n) is 2.32. The molecule has 0 atom stereocenters. The average Bonchev–Trinajstić information content (AvgIpc) is 2.31. The third-order valence-corrected chi connectivity index (χ3v) is 3.89. The van der Waals surface area contributed by atoms with Gasteiger partial charge in [-0.25, -0.2) is 13.6 Å². The van der Waals surface area contributed by atoms with Crippen LogP contribution in [0.5, 0.6) is 0 Å². The minimum Gasteiger partial charge on any atom is -0.325 e. The smallest absolute Gasteiger partial charge is 0.238 e. The number of rotatable bonds is 6. The van der Waals surface area contributed by atoms with Crippen LogP contribution in [0, 0.1) is 0 Å². The van der Waals surface area contributed by atoms with Crippen LogP contribution in [-0.4, -0.2) is 27.4 Å². The summed E-state index contributed by atoms with van der Waals surface area (Å²) in [6.45, 7) is 3.36. The molecule has 0 spiro atoms. The van der Waals surface area contributed by atoms with E-state index in [2.05, 4.69) is 26.6 Å². The Kier molecular flexibility index (Phi) is 5.92. The topological polar surface area (TPSA) is 101 Å². The molecule has 0 heterocycles. The van der Waals surface area contributed by atoms with Gasteiger partial charge in [-0.15, -0.1) is 0 Å². The SMILES string of the molecule is CCNCCC(=O)Nc1ccc(S(N)(=O)=O)cc1Br. The molecule has 0 aliphatic carbocycles. The molecule has 1 aromatic carbocycles. The number of nitrogens with one attached hydrogen (secondary N) is 2. The van der Waals surface area contributed by atoms with Crippen molar-refractivity contribution >= 4 is 37.5 Å². The zero-order chi connectivity index (χ0) is 14.5. The van der Waals surface area contributed by atoms with E-state index in [1.54, 1.807) is 0 Å². The van der Waals surface area contributed by atoms with Crippen molar-refractivity contribution in [3.8, 4) is 0 Å². The minimum absolute atomic E-state index is 0.00924. The molecule has 1 aromatic rings. The van der Waals surface area contributed by atoms with E-state index in [1.807, 2.05) is 6.92 Å². The Morgan fingerprint density at radius 3 is 2.63 bits per heavy atom. The van der Waals surface area contributed by atoms with Gasteiger partial charge in [0, 0.05) is 17.4 Å². The van der Waals surface area contributed by atoms with E-state index in [9.17, 15) is 13.2 Å². The second-order valence-electron chi connectivity index (χ2n) is 3.84. The second kappa shape index (κ2) is 6.99. The summed E-state index contributed by atoms with van der Waals surface area (Å²) in [5.74, 6) is -0.148. The number of hydrogen-bond donors (Lipinski definition) is 3. The fraction of sp³-hybridized carbons (Fsp3) is 0.364. The summed E-state index contributed by atoms with van der Waals surface area (Å²) in [6.07, 6.45) is 0.344. The molecule has 0 saturated carbocycles. The van der Waals surface area contributed by atoms with Crippen LogP contribution >= 0.6 is 15.9 Å². The molecule has 0 unspecified atom stereocenters. The summed E-state index contributed by atoms with van der Waals surface area (Å²) >= 11 is 3.20. The number of primary sulfonamides is 1. The maximum absolute atomic E-state index is 11.6. The largest absolute Gasteiger partial charge is 0.325 e. The summed E-state index contributed by atoms with van der Waals surface area (Å²) in [6, 6.07) is 4.20. The van der Waals surface area contributed by atoms with Crippen molar-refractivity contribution in [2.45, 2.75) is 18.2 Å². The molecule has 0 saturated heterocycles. The first-order valence-corrected chi connectivity index (χ1v) is 8.01. The Balaban J connectivity index is 2.73. The van der Waals surface area contributed by atoms with Crippen molar-refractivity contribution in [2.24, 2.45) is 5.14 Å². The molecule has 6 nitrogen and oxygen atoms in total. The number of carbonyl (C=O) groups excluding carboxylic acids is 1. The first-order chi connectivity index (χ1) is 8.84. The number of carbonyl (C=O) groups is 1. The number of halogens is 1. The highest BCUT2D eigenvalue weighted by Crippen LogP contribution is 2.25. The monoisotopic (exact) mass is 349 g/mol. The molecule has 4 N–H and O–H groups in total. The van der Waals surface area contributed by atoms with E-state index in [0.29, 0.717) is 23.1 Å². The number of sulfonamides is 1. The fourth-order valence-corrected chi connectivity index (χ4v) is 2.53. The highest BCUT2D eigenvalue weighted by atomic mass is 79.9. The molecule has 0 aliphatic rings. The van der Waals surface area contributed by atoms with E-state index < -0.39 is 10.0 Å². The van der Waals surface area contributed by atoms with Gasteiger partial charge in [0.15, 0.2) is 0 Å². The molecule has 0 radical (unpaired) electrons.